The summed E-state index contributed by atoms with van der Waals surface area (Å²) in [5, 5.41) is 3.93. The van der Waals surface area contributed by atoms with Gasteiger partial charge in [0.25, 0.3) is 5.91 Å². The van der Waals surface area contributed by atoms with Crippen molar-refractivity contribution in [3.05, 3.63) is 82.7 Å². The first-order valence-electron chi connectivity index (χ1n) is 10.5. The highest BCUT2D eigenvalue weighted by Gasteiger charge is 2.54. The number of amides is 2. The first-order valence-corrected chi connectivity index (χ1v) is 10.5. The average Bonchev–Trinajstić information content (AvgIpc) is 3.16. The smallest absolute Gasteiger partial charge is 0.369 e. The number of rotatable bonds is 5. The molecule has 7 nitrogen and oxygen atoms in total. The van der Waals surface area contributed by atoms with Gasteiger partial charge in [0.2, 0.25) is 5.91 Å². The van der Waals surface area contributed by atoms with Crippen LogP contribution in [0.25, 0.3) is 0 Å². The second-order valence-electron chi connectivity index (χ2n) is 8.22. The zero-order chi connectivity index (χ0) is 24.8. The Hall–Kier alpha value is -3.95. The number of aliphatic imine (C=N–C) groups is 1. The third kappa shape index (κ3) is 3.55. The van der Waals surface area contributed by atoms with E-state index in [1.54, 1.807) is 49.4 Å². The molecule has 4 N–H and O–H groups in total. The van der Waals surface area contributed by atoms with Crippen LogP contribution in [0.1, 0.15) is 47.5 Å². The molecule has 1 aromatic heterocycles. The van der Waals surface area contributed by atoms with Crippen molar-refractivity contribution in [3.63, 3.8) is 0 Å². The van der Waals surface area contributed by atoms with Gasteiger partial charge in [-0.05, 0) is 31.0 Å². The van der Waals surface area contributed by atoms with Crippen molar-refractivity contribution in [3.8, 4) is 0 Å². The third-order valence-electron chi connectivity index (χ3n) is 6.25. The molecule has 2 aromatic carbocycles. The molecule has 10 heteroatoms. The van der Waals surface area contributed by atoms with Gasteiger partial charge in [0.15, 0.2) is 5.69 Å². The second-order valence-corrected chi connectivity index (χ2v) is 8.22. The van der Waals surface area contributed by atoms with Crippen LogP contribution in [0.3, 0.4) is 0 Å². The summed E-state index contributed by atoms with van der Waals surface area (Å²) in [5.74, 6) is -2.01. The molecule has 0 bridgehead atoms. The van der Waals surface area contributed by atoms with E-state index < -0.39 is 47.1 Å². The summed E-state index contributed by atoms with van der Waals surface area (Å²) in [7, 11) is 0. The maximum Gasteiger partial charge on any atom is 0.435 e. The highest BCUT2D eigenvalue weighted by atomic mass is 19.4. The molecule has 176 valence electrons. The molecule has 3 aromatic rings. The van der Waals surface area contributed by atoms with E-state index in [-0.39, 0.29) is 22.7 Å². The van der Waals surface area contributed by atoms with Crippen LogP contribution >= 0.6 is 0 Å². The number of nitrogens with zero attached hydrogens (tertiary/aromatic N) is 3. The quantitative estimate of drug-likeness (QED) is 0.595. The molecule has 0 saturated heterocycles. The standard InChI is InChI=1S/C24H22F3N5O2/c1-13(15-8-4-3-5-9-15)32-14(2)19(20(31-32)24(25,26)27)23(22(29)34)12-18(21(28)33)30-17-11-7-6-10-16(17)23/h3-11,13H,12H2,1-2H3,(H2,28,33)(H2,29,34). The number of benzene rings is 2. The van der Waals surface area contributed by atoms with Gasteiger partial charge in [-0.25, -0.2) is 4.99 Å². The number of hydrogen-bond donors (Lipinski definition) is 2. The van der Waals surface area contributed by atoms with Crippen LogP contribution in [0.2, 0.25) is 0 Å². The first kappa shape index (κ1) is 23.2. The van der Waals surface area contributed by atoms with E-state index in [4.69, 9.17) is 11.5 Å². The molecule has 2 amide bonds. The molecule has 2 atom stereocenters. The molecular weight excluding hydrogens is 447 g/mol. The van der Waals surface area contributed by atoms with Crippen molar-refractivity contribution in [2.45, 2.75) is 37.9 Å². The molecule has 2 unspecified atom stereocenters. The number of hydrogen-bond acceptors (Lipinski definition) is 4. The van der Waals surface area contributed by atoms with Crippen LogP contribution in [0.4, 0.5) is 18.9 Å². The van der Waals surface area contributed by atoms with Gasteiger partial charge in [0.05, 0.1) is 11.7 Å². The summed E-state index contributed by atoms with van der Waals surface area (Å²) in [4.78, 5) is 29.4. The van der Waals surface area contributed by atoms with Crippen LogP contribution < -0.4 is 11.5 Å². The molecule has 0 radical (unpaired) electrons. The summed E-state index contributed by atoms with van der Waals surface area (Å²) in [5.41, 5.74) is 8.49. The highest BCUT2D eigenvalue weighted by molar-refractivity contribution is 6.40. The van der Waals surface area contributed by atoms with Crippen LogP contribution in [-0.4, -0.2) is 27.3 Å². The third-order valence-corrected chi connectivity index (χ3v) is 6.25. The lowest BCUT2D eigenvalue weighted by atomic mass is 9.67. The molecule has 0 fully saturated rings. The molecular formula is C24H22F3N5O2. The lowest BCUT2D eigenvalue weighted by Gasteiger charge is -2.36. The van der Waals surface area contributed by atoms with Crippen LogP contribution in [-0.2, 0) is 21.2 Å². The predicted molar refractivity (Wildman–Crippen MR) is 120 cm³/mol. The molecule has 1 aliphatic heterocycles. The Balaban J connectivity index is 2.07. The number of nitrogens with two attached hydrogens (primary N) is 2. The fraction of sp³-hybridized carbons (Fsp3) is 0.250. The number of carbonyl (C=O) groups excluding carboxylic acids is 2. The molecule has 0 aliphatic carbocycles. The van der Waals surface area contributed by atoms with Gasteiger partial charge < -0.3 is 11.5 Å². The van der Waals surface area contributed by atoms with Crippen LogP contribution in [0.5, 0.6) is 0 Å². The monoisotopic (exact) mass is 469 g/mol. The Bertz CT molecular complexity index is 1310. The van der Waals surface area contributed by atoms with E-state index >= 15 is 0 Å². The number of aromatic nitrogens is 2. The van der Waals surface area contributed by atoms with Gasteiger partial charge in [0, 0.05) is 17.7 Å². The van der Waals surface area contributed by atoms with Crippen molar-refractivity contribution in [1.82, 2.24) is 9.78 Å². The first-order chi connectivity index (χ1) is 16.0. The second kappa shape index (κ2) is 8.12. The predicted octanol–water partition coefficient (Wildman–Crippen LogP) is 3.55. The maximum atomic E-state index is 14.4. The van der Waals surface area contributed by atoms with Crippen molar-refractivity contribution in [2.75, 3.05) is 0 Å². The number of para-hydroxylation sites is 1. The average molecular weight is 469 g/mol. The van der Waals surface area contributed by atoms with E-state index in [1.165, 1.54) is 23.7 Å². The van der Waals surface area contributed by atoms with Gasteiger partial charge in [-0.1, -0.05) is 48.5 Å². The van der Waals surface area contributed by atoms with Crippen molar-refractivity contribution in [2.24, 2.45) is 16.5 Å². The Kier molecular flexibility index (Phi) is 5.55. The Morgan fingerprint density at radius 3 is 2.26 bits per heavy atom. The minimum Gasteiger partial charge on any atom is -0.369 e. The minimum absolute atomic E-state index is 0.100. The minimum atomic E-state index is -4.90. The van der Waals surface area contributed by atoms with Gasteiger partial charge >= 0.3 is 6.18 Å². The van der Waals surface area contributed by atoms with Crippen molar-refractivity contribution >= 4 is 23.2 Å². The Labute approximate surface area is 193 Å². The van der Waals surface area contributed by atoms with Gasteiger partial charge in [-0.2, -0.15) is 18.3 Å². The Morgan fingerprint density at radius 2 is 1.68 bits per heavy atom. The summed E-state index contributed by atoms with van der Waals surface area (Å²) in [6.07, 6.45) is -5.41. The lowest BCUT2D eigenvalue weighted by Crippen LogP contribution is -2.48. The molecule has 0 saturated carbocycles. The number of fused-ring (bicyclic) bond motifs is 1. The van der Waals surface area contributed by atoms with E-state index in [0.29, 0.717) is 0 Å². The molecule has 2 heterocycles. The fourth-order valence-corrected chi connectivity index (χ4v) is 4.65. The molecule has 34 heavy (non-hydrogen) atoms. The van der Waals surface area contributed by atoms with E-state index in [2.05, 4.69) is 10.1 Å². The Morgan fingerprint density at radius 1 is 1.06 bits per heavy atom. The lowest BCUT2D eigenvalue weighted by molar-refractivity contribution is -0.142. The maximum absolute atomic E-state index is 14.4. The summed E-state index contributed by atoms with van der Waals surface area (Å²) >= 11 is 0. The normalized spacial score (nSPS) is 18.7. The van der Waals surface area contributed by atoms with Crippen molar-refractivity contribution < 1.29 is 22.8 Å². The number of carbonyl (C=O) groups is 2. The SMILES string of the molecule is Cc1c(C2(C(N)=O)CC(C(N)=O)=Nc3ccccc32)c(C(F)(F)F)nn1C(C)c1ccccc1. The fourth-order valence-electron chi connectivity index (χ4n) is 4.65. The van der Waals surface area contributed by atoms with Crippen LogP contribution in [0.15, 0.2) is 59.6 Å². The zero-order valence-corrected chi connectivity index (χ0v) is 18.4. The zero-order valence-electron chi connectivity index (χ0n) is 18.4. The largest absolute Gasteiger partial charge is 0.435 e. The molecule has 1 aliphatic rings. The molecule has 4 rings (SSSR count). The summed E-state index contributed by atoms with van der Waals surface area (Å²) in [6.45, 7) is 3.17. The van der Waals surface area contributed by atoms with Crippen LogP contribution in [0, 0.1) is 6.92 Å². The van der Waals surface area contributed by atoms with Gasteiger partial charge in [-0.15, -0.1) is 0 Å². The van der Waals surface area contributed by atoms with E-state index in [1.807, 2.05) is 0 Å². The molecule has 0 spiro atoms. The highest BCUT2D eigenvalue weighted by Crippen LogP contribution is 2.49. The number of halogens is 3. The summed E-state index contributed by atoms with van der Waals surface area (Å²) < 4.78 is 44.4. The van der Waals surface area contributed by atoms with E-state index in [0.717, 1.165) is 5.56 Å². The van der Waals surface area contributed by atoms with Gasteiger partial charge in [0.1, 0.15) is 11.1 Å². The van der Waals surface area contributed by atoms with Gasteiger partial charge in [-0.3, -0.25) is 14.3 Å². The number of primary amides is 2. The van der Waals surface area contributed by atoms with Crippen molar-refractivity contribution in [1.29, 1.82) is 0 Å². The summed E-state index contributed by atoms with van der Waals surface area (Å²) in [6, 6.07) is 14.5. The van der Waals surface area contributed by atoms with E-state index in [9.17, 15) is 22.8 Å². The number of alkyl halides is 3. The topological polar surface area (TPSA) is 116 Å².